The van der Waals surface area contributed by atoms with Crippen molar-refractivity contribution in [2.75, 3.05) is 31.2 Å². The van der Waals surface area contributed by atoms with Gasteiger partial charge in [-0.15, -0.1) is 0 Å². The van der Waals surface area contributed by atoms with Crippen LogP contribution >= 0.6 is 0 Å². The molecule has 3 rings (SSSR count). The lowest BCUT2D eigenvalue weighted by molar-refractivity contribution is 0.194. The van der Waals surface area contributed by atoms with Crippen molar-refractivity contribution in [2.24, 2.45) is 0 Å². The molecule has 3 N–H and O–H groups in total. The van der Waals surface area contributed by atoms with E-state index in [-0.39, 0.29) is 0 Å². The van der Waals surface area contributed by atoms with Gasteiger partial charge in [-0.1, -0.05) is 18.6 Å². The first kappa shape index (κ1) is 13.1. The predicted octanol–water partition coefficient (Wildman–Crippen LogP) is 2.11. The molecule has 5 heteroatoms. The van der Waals surface area contributed by atoms with Gasteiger partial charge in [0.1, 0.15) is 5.82 Å². The van der Waals surface area contributed by atoms with Crippen LogP contribution in [0.4, 0.5) is 11.8 Å². The summed E-state index contributed by atoms with van der Waals surface area (Å²) in [5, 5.41) is 4.48. The Kier molecular flexibility index (Phi) is 3.69. The lowest BCUT2D eigenvalue weighted by Crippen LogP contribution is -2.40. The monoisotopic (exact) mass is 271 g/mol. The molecule has 1 fully saturated rings. The zero-order chi connectivity index (χ0) is 13.9. The van der Waals surface area contributed by atoms with E-state index in [9.17, 15) is 0 Å². The molecule has 1 atom stereocenters. The van der Waals surface area contributed by atoms with Gasteiger partial charge in [-0.2, -0.15) is 4.98 Å². The Morgan fingerprint density at radius 2 is 2.15 bits per heavy atom. The molecule has 0 radical (unpaired) electrons. The highest BCUT2D eigenvalue weighted by molar-refractivity contribution is 5.89. The zero-order valence-corrected chi connectivity index (χ0v) is 11.8. The molecular weight excluding hydrogens is 250 g/mol. The summed E-state index contributed by atoms with van der Waals surface area (Å²) in [7, 11) is 2.19. The first-order valence-electron chi connectivity index (χ1n) is 7.20. The van der Waals surface area contributed by atoms with E-state index in [1.807, 2.05) is 24.3 Å². The predicted molar refractivity (Wildman–Crippen MR) is 82.7 cm³/mol. The second-order valence-corrected chi connectivity index (χ2v) is 5.46. The fraction of sp³-hybridized carbons (Fsp3) is 0.467. The molecular formula is C15H21N5. The number of nitrogens with one attached hydrogen (secondary N) is 1. The number of benzene rings is 1. The summed E-state index contributed by atoms with van der Waals surface area (Å²) < 4.78 is 0. The van der Waals surface area contributed by atoms with Crippen molar-refractivity contribution in [2.45, 2.75) is 25.3 Å². The lowest BCUT2D eigenvalue weighted by atomic mass is 10.0. The number of fused-ring (bicyclic) bond motifs is 1. The van der Waals surface area contributed by atoms with Crippen molar-refractivity contribution < 1.29 is 0 Å². The Bertz CT molecular complexity index is 598. The Morgan fingerprint density at radius 1 is 1.30 bits per heavy atom. The maximum absolute atomic E-state index is 5.79. The smallest absolute Gasteiger partial charge is 0.222 e. The number of anilines is 2. The van der Waals surface area contributed by atoms with Gasteiger partial charge in [0, 0.05) is 18.0 Å². The molecule has 2 heterocycles. The van der Waals surface area contributed by atoms with E-state index in [0.29, 0.717) is 12.0 Å². The van der Waals surface area contributed by atoms with Crippen molar-refractivity contribution in [1.29, 1.82) is 0 Å². The molecule has 0 saturated carbocycles. The molecule has 1 aromatic carbocycles. The van der Waals surface area contributed by atoms with Crippen molar-refractivity contribution in [3.8, 4) is 0 Å². The summed E-state index contributed by atoms with van der Waals surface area (Å²) in [4.78, 5) is 11.0. The molecule has 2 aromatic rings. The molecule has 0 amide bonds. The number of nitrogen functional groups attached to an aromatic ring is 1. The maximum Gasteiger partial charge on any atom is 0.222 e. The maximum atomic E-state index is 5.79. The fourth-order valence-electron chi connectivity index (χ4n) is 2.85. The summed E-state index contributed by atoms with van der Waals surface area (Å²) in [5.41, 5.74) is 6.68. The number of nitrogens with two attached hydrogens (primary N) is 1. The van der Waals surface area contributed by atoms with Gasteiger partial charge >= 0.3 is 0 Å². The molecule has 1 unspecified atom stereocenters. The molecule has 20 heavy (non-hydrogen) atoms. The average Bonchev–Trinajstić information content (AvgIpc) is 2.46. The number of hydrogen-bond acceptors (Lipinski definition) is 5. The van der Waals surface area contributed by atoms with Crippen LogP contribution in [0, 0.1) is 0 Å². The minimum atomic E-state index is 0.322. The molecule has 1 aromatic heterocycles. The third-order valence-electron chi connectivity index (χ3n) is 4.05. The van der Waals surface area contributed by atoms with Gasteiger partial charge in [0.25, 0.3) is 0 Å². The first-order valence-corrected chi connectivity index (χ1v) is 7.20. The van der Waals surface area contributed by atoms with E-state index in [1.165, 1.54) is 25.8 Å². The molecule has 0 bridgehead atoms. The normalized spacial score (nSPS) is 20.1. The summed E-state index contributed by atoms with van der Waals surface area (Å²) >= 11 is 0. The van der Waals surface area contributed by atoms with Crippen molar-refractivity contribution in [3.63, 3.8) is 0 Å². The third-order valence-corrected chi connectivity index (χ3v) is 4.05. The van der Waals surface area contributed by atoms with E-state index < -0.39 is 0 Å². The van der Waals surface area contributed by atoms with E-state index in [4.69, 9.17) is 5.73 Å². The summed E-state index contributed by atoms with van der Waals surface area (Å²) in [6.07, 6.45) is 3.85. The molecule has 1 aliphatic rings. The van der Waals surface area contributed by atoms with Crippen LogP contribution in [-0.4, -0.2) is 41.0 Å². The van der Waals surface area contributed by atoms with Gasteiger partial charge in [-0.05, 0) is 38.6 Å². The van der Waals surface area contributed by atoms with Gasteiger partial charge in [-0.25, -0.2) is 4.98 Å². The minimum absolute atomic E-state index is 0.322. The van der Waals surface area contributed by atoms with Crippen LogP contribution in [-0.2, 0) is 0 Å². The quantitative estimate of drug-likeness (QED) is 0.895. The minimum Gasteiger partial charge on any atom is -0.368 e. The standard InChI is InChI=1S/C15H21N5/c1-20-9-5-4-6-11(20)10-17-14-12-7-2-3-8-13(12)18-15(16)19-14/h2-3,7-8,11H,4-6,9-10H2,1H3,(H3,16,17,18,19). The zero-order valence-electron chi connectivity index (χ0n) is 11.8. The lowest BCUT2D eigenvalue weighted by Gasteiger charge is -2.32. The van der Waals surface area contributed by atoms with Gasteiger partial charge in [0.15, 0.2) is 0 Å². The average molecular weight is 271 g/mol. The van der Waals surface area contributed by atoms with Gasteiger partial charge in [0.2, 0.25) is 5.95 Å². The molecule has 1 aliphatic heterocycles. The van der Waals surface area contributed by atoms with Crippen molar-refractivity contribution >= 4 is 22.7 Å². The number of aromatic nitrogens is 2. The summed E-state index contributed by atoms with van der Waals surface area (Å²) in [6, 6.07) is 8.53. The number of nitrogens with zero attached hydrogens (tertiary/aromatic N) is 3. The number of piperidine rings is 1. The highest BCUT2D eigenvalue weighted by Crippen LogP contribution is 2.22. The van der Waals surface area contributed by atoms with Gasteiger partial charge in [0.05, 0.1) is 5.52 Å². The Balaban J connectivity index is 1.80. The number of hydrogen-bond donors (Lipinski definition) is 2. The largest absolute Gasteiger partial charge is 0.368 e. The Morgan fingerprint density at radius 3 is 3.00 bits per heavy atom. The van der Waals surface area contributed by atoms with Crippen LogP contribution in [0.2, 0.25) is 0 Å². The molecule has 0 aliphatic carbocycles. The molecule has 106 valence electrons. The Hall–Kier alpha value is -1.88. The molecule has 1 saturated heterocycles. The number of para-hydroxylation sites is 1. The number of likely N-dealkylation sites (N-methyl/N-ethyl adjacent to an activating group) is 1. The van der Waals surface area contributed by atoms with E-state index in [2.05, 4.69) is 27.2 Å². The topological polar surface area (TPSA) is 67.1 Å². The van der Waals surface area contributed by atoms with E-state index in [0.717, 1.165) is 23.3 Å². The highest BCUT2D eigenvalue weighted by Gasteiger charge is 2.19. The number of rotatable bonds is 3. The summed E-state index contributed by atoms with van der Waals surface area (Å²) in [6.45, 7) is 2.08. The van der Waals surface area contributed by atoms with Gasteiger partial charge in [-0.3, -0.25) is 0 Å². The van der Waals surface area contributed by atoms with E-state index in [1.54, 1.807) is 0 Å². The second kappa shape index (κ2) is 5.63. The van der Waals surface area contributed by atoms with Crippen LogP contribution < -0.4 is 11.1 Å². The van der Waals surface area contributed by atoms with Crippen LogP contribution in [0.15, 0.2) is 24.3 Å². The second-order valence-electron chi connectivity index (χ2n) is 5.46. The molecule has 5 nitrogen and oxygen atoms in total. The highest BCUT2D eigenvalue weighted by atomic mass is 15.2. The van der Waals surface area contributed by atoms with Crippen LogP contribution in [0.3, 0.4) is 0 Å². The van der Waals surface area contributed by atoms with Gasteiger partial charge < -0.3 is 16.0 Å². The third kappa shape index (κ3) is 2.67. The molecule has 0 spiro atoms. The van der Waals surface area contributed by atoms with Crippen LogP contribution in [0.25, 0.3) is 10.9 Å². The van der Waals surface area contributed by atoms with Crippen LogP contribution in [0.1, 0.15) is 19.3 Å². The summed E-state index contributed by atoms with van der Waals surface area (Å²) in [5.74, 6) is 1.16. The van der Waals surface area contributed by atoms with Crippen molar-refractivity contribution in [3.05, 3.63) is 24.3 Å². The number of likely N-dealkylation sites (tertiary alicyclic amines) is 1. The fourth-order valence-corrected chi connectivity index (χ4v) is 2.85. The first-order chi connectivity index (χ1) is 9.74. The van der Waals surface area contributed by atoms with E-state index >= 15 is 0 Å². The Labute approximate surface area is 119 Å². The SMILES string of the molecule is CN1CCCCC1CNc1nc(N)nc2ccccc12. The van der Waals surface area contributed by atoms with Crippen molar-refractivity contribution in [1.82, 2.24) is 14.9 Å². The van der Waals surface area contributed by atoms with Crippen LogP contribution in [0.5, 0.6) is 0 Å².